The Labute approximate surface area is 271 Å². The number of benzene rings is 1. The van der Waals surface area contributed by atoms with Gasteiger partial charge < -0.3 is 25.4 Å². The number of alkyl halides is 3. The van der Waals surface area contributed by atoms with Gasteiger partial charge in [0.15, 0.2) is 0 Å². The molecule has 4 aromatic rings. The highest BCUT2D eigenvalue weighted by Crippen LogP contribution is 2.48. The summed E-state index contributed by atoms with van der Waals surface area (Å²) in [5, 5.41) is 12.2. The average Bonchev–Trinajstić information content (AvgIpc) is 3.75. The topological polar surface area (TPSA) is 161 Å². The summed E-state index contributed by atoms with van der Waals surface area (Å²) in [6.07, 6.45) is -2.02. The van der Waals surface area contributed by atoms with E-state index >= 15 is 0 Å². The lowest BCUT2D eigenvalue weighted by Crippen LogP contribution is -2.51. The second-order valence-corrected chi connectivity index (χ2v) is 11.7. The number of anilines is 2. The van der Waals surface area contributed by atoms with Gasteiger partial charge >= 0.3 is 6.18 Å². The van der Waals surface area contributed by atoms with Crippen molar-refractivity contribution in [2.75, 3.05) is 30.8 Å². The van der Waals surface area contributed by atoms with Crippen LogP contribution in [0.15, 0.2) is 42.7 Å². The highest BCUT2D eigenvalue weighted by Gasteiger charge is 2.54. The minimum absolute atomic E-state index is 0.0783. The van der Waals surface area contributed by atoms with Crippen LogP contribution in [0.2, 0.25) is 5.15 Å². The molecule has 2 amide bonds. The Balaban J connectivity index is 1.38. The highest BCUT2D eigenvalue weighted by molar-refractivity contribution is 6.30. The molecule has 3 aromatic heterocycles. The van der Waals surface area contributed by atoms with Crippen molar-refractivity contribution < 1.29 is 32.2 Å². The average molecular weight is 669 g/mol. The molecule has 1 aliphatic heterocycles. The third-order valence-electron chi connectivity index (χ3n) is 8.15. The molecule has 0 bridgehead atoms. The van der Waals surface area contributed by atoms with Crippen LogP contribution in [-0.4, -0.2) is 61.9 Å². The van der Waals surface area contributed by atoms with Crippen molar-refractivity contribution in [1.29, 1.82) is 5.26 Å². The van der Waals surface area contributed by atoms with Crippen molar-refractivity contribution in [3.8, 4) is 23.1 Å². The minimum atomic E-state index is -4.61. The van der Waals surface area contributed by atoms with E-state index in [-0.39, 0.29) is 59.8 Å². The second-order valence-electron chi connectivity index (χ2n) is 11.3. The molecule has 2 aliphatic rings. The number of halogens is 4. The number of pyridine rings is 1. The van der Waals surface area contributed by atoms with E-state index in [4.69, 9.17) is 31.8 Å². The van der Waals surface area contributed by atoms with E-state index in [1.807, 2.05) is 6.92 Å². The molecule has 1 saturated heterocycles. The van der Waals surface area contributed by atoms with Gasteiger partial charge in [-0.1, -0.05) is 11.6 Å². The lowest BCUT2D eigenvalue weighted by Gasteiger charge is -2.38. The third-order valence-corrected chi connectivity index (χ3v) is 8.42. The van der Waals surface area contributed by atoms with Crippen molar-refractivity contribution in [3.63, 3.8) is 0 Å². The molecule has 16 heteroatoms. The van der Waals surface area contributed by atoms with Crippen LogP contribution in [0.25, 0.3) is 16.8 Å². The fourth-order valence-corrected chi connectivity index (χ4v) is 5.72. The van der Waals surface area contributed by atoms with E-state index in [1.54, 1.807) is 22.3 Å². The van der Waals surface area contributed by atoms with Crippen LogP contribution in [0, 0.1) is 16.7 Å². The molecule has 0 spiro atoms. The Morgan fingerprint density at radius 2 is 2.02 bits per heavy atom. The summed E-state index contributed by atoms with van der Waals surface area (Å²) >= 11 is 6.64. The lowest BCUT2D eigenvalue weighted by atomic mass is 10.0. The molecule has 1 aliphatic carbocycles. The molecule has 6 rings (SSSR count). The summed E-state index contributed by atoms with van der Waals surface area (Å²) in [5.41, 5.74) is 5.51. The second kappa shape index (κ2) is 12.0. The standard InChI is InChI=1S/C31H28ClF3N8O4/c1-3-46-20-10-17(28(44)40-23-11-18(6-9-38-23)31(33,34)35)4-5-19(20)24-25-26(37)39-12-22(32)43(25)27(41-24)21-13-42(16(2)14-47-21)29(45)30(15-36)7-8-30/h4-6,9-12,16,21H,3,7-8,13-14H2,1-2H3,(H2,37,39)(H,38,40,44)/t16-,21+/m0/s1. The van der Waals surface area contributed by atoms with Crippen molar-refractivity contribution in [3.05, 3.63) is 64.8 Å². The van der Waals surface area contributed by atoms with E-state index in [9.17, 15) is 28.0 Å². The van der Waals surface area contributed by atoms with Crippen LogP contribution in [-0.2, 0) is 15.7 Å². The number of fused-ring (bicyclic) bond motifs is 1. The number of ether oxygens (including phenoxy) is 2. The number of hydrogen-bond donors (Lipinski definition) is 2. The van der Waals surface area contributed by atoms with Crippen LogP contribution < -0.4 is 15.8 Å². The van der Waals surface area contributed by atoms with Gasteiger partial charge in [-0.15, -0.1) is 0 Å². The number of carbonyl (C=O) groups excluding carboxylic acids is 2. The zero-order valence-electron chi connectivity index (χ0n) is 25.1. The number of nitrogens with two attached hydrogens (primary N) is 1. The number of carbonyl (C=O) groups is 2. The van der Waals surface area contributed by atoms with Crippen LogP contribution >= 0.6 is 11.6 Å². The van der Waals surface area contributed by atoms with Crippen LogP contribution in [0.4, 0.5) is 24.8 Å². The molecular formula is C31H28ClF3N8O4. The summed E-state index contributed by atoms with van der Waals surface area (Å²) < 4.78 is 53.1. The Morgan fingerprint density at radius 3 is 2.70 bits per heavy atom. The largest absolute Gasteiger partial charge is 0.493 e. The summed E-state index contributed by atoms with van der Waals surface area (Å²) in [5.74, 6) is -0.599. The van der Waals surface area contributed by atoms with Gasteiger partial charge in [0.25, 0.3) is 5.91 Å². The fourth-order valence-electron chi connectivity index (χ4n) is 5.50. The van der Waals surface area contributed by atoms with Crippen molar-refractivity contribution in [1.82, 2.24) is 24.3 Å². The first-order valence-corrected chi connectivity index (χ1v) is 15.0. The zero-order valence-corrected chi connectivity index (χ0v) is 25.9. The minimum Gasteiger partial charge on any atom is -0.493 e. The first-order chi connectivity index (χ1) is 22.4. The molecule has 0 radical (unpaired) electrons. The maximum absolute atomic E-state index is 13.4. The number of rotatable bonds is 7. The van der Waals surface area contributed by atoms with Crippen molar-refractivity contribution in [2.24, 2.45) is 5.41 Å². The number of nitrogen functional groups attached to an aromatic ring is 1. The number of morpholine rings is 1. The van der Waals surface area contributed by atoms with Gasteiger partial charge in [0.2, 0.25) is 5.91 Å². The lowest BCUT2D eigenvalue weighted by molar-refractivity contribution is -0.148. The molecule has 2 atom stereocenters. The molecule has 3 N–H and O–H groups in total. The van der Waals surface area contributed by atoms with Gasteiger partial charge in [-0.25, -0.2) is 15.0 Å². The van der Waals surface area contributed by atoms with E-state index in [0.717, 1.165) is 18.3 Å². The first kappa shape index (κ1) is 32.0. The molecule has 0 unspecified atom stereocenters. The maximum Gasteiger partial charge on any atom is 0.416 e. The highest BCUT2D eigenvalue weighted by atomic mass is 35.5. The van der Waals surface area contributed by atoms with Crippen LogP contribution in [0.5, 0.6) is 5.75 Å². The predicted octanol–water partition coefficient (Wildman–Crippen LogP) is 5.29. The van der Waals surface area contributed by atoms with E-state index < -0.39 is 29.2 Å². The van der Waals surface area contributed by atoms with E-state index in [1.165, 1.54) is 18.3 Å². The number of amides is 2. The summed E-state index contributed by atoms with van der Waals surface area (Å²) in [7, 11) is 0. The molecular weight excluding hydrogens is 641 g/mol. The van der Waals surface area contributed by atoms with Crippen molar-refractivity contribution in [2.45, 2.75) is 45.0 Å². The molecule has 4 heterocycles. The van der Waals surface area contributed by atoms with Gasteiger partial charge in [-0.05, 0) is 57.0 Å². The Bertz CT molecular complexity index is 1940. The summed E-state index contributed by atoms with van der Waals surface area (Å²) in [6.45, 7) is 4.09. The summed E-state index contributed by atoms with van der Waals surface area (Å²) in [4.78, 5) is 41.0. The number of aromatic nitrogens is 4. The Morgan fingerprint density at radius 1 is 1.26 bits per heavy atom. The van der Waals surface area contributed by atoms with Gasteiger partial charge in [0.1, 0.15) is 51.1 Å². The van der Waals surface area contributed by atoms with E-state index in [2.05, 4.69) is 21.4 Å². The maximum atomic E-state index is 13.4. The number of nitriles is 1. The monoisotopic (exact) mass is 668 g/mol. The quantitative estimate of drug-likeness (QED) is 0.267. The fraction of sp³-hybridized carbons (Fsp3) is 0.355. The molecule has 244 valence electrons. The molecule has 47 heavy (non-hydrogen) atoms. The molecule has 1 aromatic carbocycles. The third kappa shape index (κ3) is 5.90. The first-order valence-electron chi connectivity index (χ1n) is 14.6. The SMILES string of the molecule is CCOc1cc(C(=O)Nc2cc(C(F)(F)F)ccn2)ccc1-c1nc([C@H]2CN(C(=O)C3(C#N)CC3)[C@@H](C)CO2)n2c(Cl)cnc(N)c12. The zero-order chi connectivity index (χ0) is 33.7. The van der Waals surface area contributed by atoms with Crippen LogP contribution in [0.1, 0.15) is 54.5 Å². The van der Waals surface area contributed by atoms with E-state index in [0.29, 0.717) is 35.4 Å². The number of hydrogen-bond acceptors (Lipinski definition) is 9. The molecule has 2 fully saturated rings. The Kier molecular flexibility index (Phi) is 8.18. The predicted molar refractivity (Wildman–Crippen MR) is 163 cm³/mol. The van der Waals surface area contributed by atoms with Gasteiger partial charge in [0.05, 0.1) is 43.6 Å². The summed E-state index contributed by atoms with van der Waals surface area (Å²) in [6, 6.07) is 7.88. The molecule has 12 nitrogen and oxygen atoms in total. The van der Waals surface area contributed by atoms with Crippen LogP contribution in [0.3, 0.4) is 0 Å². The normalized spacial score (nSPS) is 18.9. The van der Waals surface area contributed by atoms with Gasteiger partial charge in [-0.2, -0.15) is 18.4 Å². The van der Waals surface area contributed by atoms with Crippen molar-refractivity contribution >= 4 is 40.6 Å². The Hall–Kier alpha value is -4.94. The number of nitrogens with zero attached hydrogens (tertiary/aromatic N) is 6. The van der Waals surface area contributed by atoms with Gasteiger partial charge in [0, 0.05) is 17.3 Å². The molecule has 1 saturated carbocycles. The van der Waals surface area contributed by atoms with Gasteiger partial charge in [-0.3, -0.25) is 14.0 Å². The number of nitrogens with one attached hydrogen (secondary N) is 1. The number of imidazole rings is 1. The smallest absolute Gasteiger partial charge is 0.416 e.